The summed E-state index contributed by atoms with van der Waals surface area (Å²) in [7, 11) is 1.40. The summed E-state index contributed by atoms with van der Waals surface area (Å²) in [6.45, 7) is 5.84. The van der Waals surface area contributed by atoms with E-state index in [-0.39, 0.29) is 23.8 Å². The first-order chi connectivity index (χ1) is 27.4. The summed E-state index contributed by atoms with van der Waals surface area (Å²) < 4.78 is 12.9. The second-order valence-corrected chi connectivity index (χ2v) is 14.5. The van der Waals surface area contributed by atoms with Crippen molar-refractivity contribution in [3.63, 3.8) is 0 Å². The zero-order chi connectivity index (χ0) is 38.3. The molecular formula is C40H43N11O5. The molecule has 0 radical (unpaired) electrons. The van der Waals surface area contributed by atoms with Gasteiger partial charge in [-0.2, -0.15) is 14.8 Å². The fraction of sp³-hybridized carbons (Fsp3) is 0.375. The van der Waals surface area contributed by atoms with Crippen LogP contribution >= 0.6 is 0 Å². The molecule has 3 aliphatic rings. The number of hydrogen-bond donors (Lipinski definition) is 3. The van der Waals surface area contributed by atoms with Crippen LogP contribution in [0.2, 0.25) is 0 Å². The van der Waals surface area contributed by atoms with Crippen molar-refractivity contribution in [1.29, 1.82) is 0 Å². The van der Waals surface area contributed by atoms with Gasteiger partial charge < -0.3 is 29.9 Å². The Morgan fingerprint density at radius 3 is 2.45 bits per heavy atom. The predicted molar refractivity (Wildman–Crippen MR) is 205 cm³/mol. The van der Waals surface area contributed by atoms with Gasteiger partial charge in [0.25, 0.3) is 0 Å². The molecule has 288 valence electrons. The maximum Gasteiger partial charge on any atom is 0.337 e. The Hall–Kier alpha value is -5.81. The van der Waals surface area contributed by atoms with Crippen molar-refractivity contribution in [3.8, 4) is 0 Å². The smallest absolute Gasteiger partial charge is 0.337 e. The summed E-state index contributed by atoms with van der Waals surface area (Å²) in [6, 6.07) is 26.7. The zero-order valence-corrected chi connectivity index (χ0v) is 31.1. The highest BCUT2D eigenvalue weighted by Gasteiger charge is 2.47. The van der Waals surface area contributed by atoms with Gasteiger partial charge in [0.15, 0.2) is 29.3 Å². The van der Waals surface area contributed by atoms with Crippen LogP contribution in [-0.4, -0.2) is 106 Å². The van der Waals surface area contributed by atoms with E-state index < -0.39 is 24.5 Å². The predicted octanol–water partition coefficient (Wildman–Crippen LogP) is 3.45. The molecule has 0 saturated carbocycles. The van der Waals surface area contributed by atoms with Crippen LogP contribution < -0.4 is 10.2 Å². The summed E-state index contributed by atoms with van der Waals surface area (Å²) >= 11 is 0. The van der Waals surface area contributed by atoms with Gasteiger partial charge in [-0.25, -0.2) is 9.78 Å². The first-order valence-electron chi connectivity index (χ1n) is 18.9. The topological polar surface area (TPSA) is 182 Å². The molecule has 2 saturated heterocycles. The van der Waals surface area contributed by atoms with Crippen LogP contribution in [0.3, 0.4) is 0 Å². The lowest BCUT2D eigenvalue weighted by atomic mass is 9.91. The van der Waals surface area contributed by atoms with Gasteiger partial charge >= 0.3 is 5.97 Å². The lowest BCUT2D eigenvalue weighted by molar-refractivity contribution is -0.0384. The molecule has 0 aliphatic carbocycles. The molecule has 2 fully saturated rings. The number of methoxy groups -OCH3 is 1. The number of nitrogens with zero attached hydrogens (tertiary/aromatic N) is 10. The lowest BCUT2D eigenvalue weighted by Gasteiger charge is -2.24. The summed E-state index contributed by atoms with van der Waals surface area (Å²) in [5.41, 5.74) is 6.16. The van der Waals surface area contributed by atoms with Crippen LogP contribution in [0.15, 0.2) is 85.2 Å². The van der Waals surface area contributed by atoms with Gasteiger partial charge in [0, 0.05) is 44.7 Å². The van der Waals surface area contributed by atoms with Crippen molar-refractivity contribution in [3.05, 3.63) is 119 Å². The number of carbonyl (C=O) groups excluding carboxylic acids is 1. The molecule has 56 heavy (non-hydrogen) atoms. The van der Waals surface area contributed by atoms with Gasteiger partial charge in [0.2, 0.25) is 11.8 Å². The standard InChI is InChI=1S/C40H43N11O5/c1-3-51-46-36(45-47-51)34-32(52)33(53)38(56-34)50-23-42-31-35(41-19-30(24-10-6-4-7-11-24)25-12-8-5-9-13-25)43-40(44-37(31)50)48-17-16-29(22-48)49-20-27-15-14-26(39(54)55-2)18-28(27)21-49/h4-15,18,23,29-30,32-34,38,52-53H,3,16-17,19-22H2,1-2H3,(H,41,43,44)/t29-,32-,33+,34-,38+/m0/s1. The number of aliphatic hydroxyl groups excluding tert-OH is 2. The number of fused-ring (bicyclic) bond motifs is 2. The Morgan fingerprint density at radius 1 is 0.982 bits per heavy atom. The van der Waals surface area contributed by atoms with Crippen molar-refractivity contribution < 1.29 is 24.5 Å². The Balaban J connectivity index is 1.03. The number of anilines is 2. The second-order valence-electron chi connectivity index (χ2n) is 14.5. The highest BCUT2D eigenvalue weighted by molar-refractivity contribution is 5.89. The van der Waals surface area contributed by atoms with E-state index >= 15 is 0 Å². The van der Waals surface area contributed by atoms with Crippen molar-refractivity contribution in [2.24, 2.45) is 0 Å². The molecular weight excluding hydrogens is 715 g/mol. The molecule has 5 atom stereocenters. The highest BCUT2D eigenvalue weighted by atomic mass is 16.6. The van der Waals surface area contributed by atoms with Gasteiger partial charge in [0.1, 0.15) is 12.2 Å². The molecule has 16 nitrogen and oxygen atoms in total. The number of aryl methyl sites for hydroxylation is 1. The molecule has 3 aromatic heterocycles. The first kappa shape index (κ1) is 35.9. The number of rotatable bonds is 11. The van der Waals surface area contributed by atoms with Crippen LogP contribution in [0.1, 0.15) is 70.0 Å². The third-order valence-electron chi connectivity index (χ3n) is 11.1. The van der Waals surface area contributed by atoms with Crippen LogP contribution in [0, 0.1) is 0 Å². The number of imidazole rings is 1. The van der Waals surface area contributed by atoms with Gasteiger partial charge in [-0.15, -0.1) is 10.2 Å². The summed E-state index contributed by atoms with van der Waals surface area (Å²) in [6.07, 6.45) is -2.21. The van der Waals surface area contributed by atoms with Crippen molar-refractivity contribution in [2.45, 2.75) is 69.5 Å². The Kier molecular flexibility index (Phi) is 9.62. The van der Waals surface area contributed by atoms with E-state index in [9.17, 15) is 15.0 Å². The van der Waals surface area contributed by atoms with E-state index in [1.807, 2.05) is 61.5 Å². The number of tetrazole rings is 1. The van der Waals surface area contributed by atoms with E-state index in [1.54, 1.807) is 10.9 Å². The molecule has 16 heteroatoms. The largest absolute Gasteiger partial charge is 0.465 e. The number of nitrogens with one attached hydrogen (secondary N) is 1. The number of aliphatic hydroxyl groups is 2. The SMILES string of the molecule is CCn1nnc([C@H]2O[C@@H](n3cnc4c(NCC(c5ccccc5)c5ccccc5)nc(N5CC[C@H](N6Cc7ccc(C(=O)OC)cc7C6)C5)nc43)[C@H](O)[C@@H]2O)n1. The zero-order valence-electron chi connectivity index (χ0n) is 31.1. The van der Waals surface area contributed by atoms with E-state index in [4.69, 9.17) is 24.4 Å². The molecule has 3 aromatic carbocycles. The molecule has 6 heterocycles. The first-order valence-corrected chi connectivity index (χ1v) is 18.9. The van der Waals surface area contributed by atoms with Crippen molar-refractivity contribution >= 4 is 28.9 Å². The fourth-order valence-electron chi connectivity index (χ4n) is 8.11. The molecule has 9 rings (SSSR count). The molecule has 3 N–H and O–H groups in total. The Bertz CT molecular complexity index is 2300. The van der Waals surface area contributed by atoms with Gasteiger partial charge in [-0.3, -0.25) is 9.47 Å². The second kappa shape index (κ2) is 15.0. The van der Waals surface area contributed by atoms with Crippen molar-refractivity contribution in [2.75, 3.05) is 37.0 Å². The van der Waals surface area contributed by atoms with Crippen molar-refractivity contribution in [1.82, 2.24) is 44.6 Å². The van der Waals surface area contributed by atoms with Crippen LogP contribution in [0.5, 0.6) is 0 Å². The fourth-order valence-corrected chi connectivity index (χ4v) is 8.11. The number of hydrogen-bond acceptors (Lipinski definition) is 14. The monoisotopic (exact) mass is 757 g/mol. The van der Waals surface area contributed by atoms with Crippen LogP contribution in [0.4, 0.5) is 11.8 Å². The minimum absolute atomic E-state index is 0.0144. The Morgan fingerprint density at radius 2 is 1.73 bits per heavy atom. The Labute approximate surface area is 322 Å². The van der Waals surface area contributed by atoms with E-state index in [0.717, 1.165) is 42.7 Å². The molecule has 0 bridgehead atoms. The van der Waals surface area contributed by atoms with E-state index in [2.05, 4.69) is 54.8 Å². The lowest BCUT2D eigenvalue weighted by Crippen LogP contribution is -2.34. The number of ether oxygens (including phenoxy) is 2. The van der Waals surface area contributed by atoms with E-state index in [0.29, 0.717) is 48.1 Å². The summed E-state index contributed by atoms with van der Waals surface area (Å²) in [4.78, 5) is 33.1. The van der Waals surface area contributed by atoms with Gasteiger partial charge in [-0.1, -0.05) is 66.7 Å². The normalized spacial score (nSPS) is 22.3. The molecule has 0 spiro atoms. The molecule has 0 unspecified atom stereocenters. The molecule has 0 amide bonds. The maximum absolute atomic E-state index is 12.2. The van der Waals surface area contributed by atoms with Crippen LogP contribution in [0.25, 0.3) is 11.2 Å². The number of benzene rings is 3. The molecule has 6 aromatic rings. The number of aromatic nitrogens is 8. The van der Waals surface area contributed by atoms with E-state index in [1.165, 1.54) is 17.5 Å². The number of carbonyl (C=O) groups is 1. The average Bonchev–Trinajstić information content (AvgIpc) is 4.09. The maximum atomic E-state index is 12.2. The third kappa shape index (κ3) is 6.63. The summed E-state index contributed by atoms with van der Waals surface area (Å²) in [5.74, 6) is 0.923. The average molecular weight is 758 g/mol. The minimum atomic E-state index is -1.32. The van der Waals surface area contributed by atoms with Gasteiger partial charge in [-0.05, 0) is 52.9 Å². The summed E-state index contributed by atoms with van der Waals surface area (Å²) in [5, 5.41) is 38.5. The highest BCUT2D eigenvalue weighted by Crippen LogP contribution is 2.40. The molecule has 3 aliphatic heterocycles. The minimum Gasteiger partial charge on any atom is -0.465 e. The quantitative estimate of drug-likeness (QED) is 0.164. The van der Waals surface area contributed by atoms with Crippen LogP contribution in [-0.2, 0) is 29.1 Å². The van der Waals surface area contributed by atoms with Gasteiger partial charge in [0.05, 0.1) is 25.5 Å². The third-order valence-corrected chi connectivity index (χ3v) is 11.1. The number of esters is 1.